The molecule has 1 N–H and O–H groups in total. The fourth-order valence-corrected chi connectivity index (χ4v) is 6.86. The minimum atomic E-state index is -0.764. The maximum absolute atomic E-state index is 13.5. The molecule has 0 radical (unpaired) electrons. The zero-order valence-corrected chi connectivity index (χ0v) is 24.4. The second kappa shape index (κ2) is 11.5. The highest BCUT2D eigenvalue weighted by atomic mass is 35.5. The number of anilines is 1. The van der Waals surface area contributed by atoms with E-state index >= 15 is 0 Å². The molecule has 5 rings (SSSR count). The summed E-state index contributed by atoms with van der Waals surface area (Å²) in [6, 6.07) is 5.90. The lowest BCUT2D eigenvalue weighted by molar-refractivity contribution is -0.138. The van der Waals surface area contributed by atoms with Crippen LogP contribution in [0.5, 0.6) is 0 Å². The van der Waals surface area contributed by atoms with Crippen LogP contribution in [0.2, 0.25) is 0 Å². The lowest BCUT2D eigenvalue weighted by Gasteiger charge is -2.32. The third kappa shape index (κ3) is 5.84. The van der Waals surface area contributed by atoms with E-state index in [4.69, 9.17) is 21.3 Å². The van der Waals surface area contributed by atoms with Crippen LogP contribution in [0.3, 0.4) is 0 Å². The Bertz CT molecular complexity index is 1230. The van der Waals surface area contributed by atoms with Crippen LogP contribution < -0.4 is 10.2 Å². The summed E-state index contributed by atoms with van der Waals surface area (Å²) in [5.74, 6) is -0.611. The van der Waals surface area contributed by atoms with E-state index < -0.39 is 23.6 Å². The Balaban J connectivity index is 1.28. The van der Waals surface area contributed by atoms with Gasteiger partial charge in [0.1, 0.15) is 24.8 Å². The van der Waals surface area contributed by atoms with Gasteiger partial charge in [-0.05, 0) is 38.4 Å². The van der Waals surface area contributed by atoms with Crippen LogP contribution in [-0.2, 0) is 14.3 Å². The first-order valence-corrected chi connectivity index (χ1v) is 14.8. The first kappa shape index (κ1) is 28.0. The molecule has 3 aliphatic rings. The van der Waals surface area contributed by atoms with Gasteiger partial charge >= 0.3 is 0 Å². The van der Waals surface area contributed by atoms with E-state index in [-0.39, 0.29) is 36.7 Å². The summed E-state index contributed by atoms with van der Waals surface area (Å²) in [6.45, 7) is 10.2. The molecule has 4 atom stereocenters. The van der Waals surface area contributed by atoms with Gasteiger partial charge in [-0.25, -0.2) is 4.98 Å². The Morgan fingerprint density at radius 3 is 2.54 bits per heavy atom. The number of likely N-dealkylation sites (N-methyl/N-ethyl adjacent to an activating group) is 1. The summed E-state index contributed by atoms with van der Waals surface area (Å²) in [6.07, 6.45) is -0.0389. The third-order valence-corrected chi connectivity index (χ3v) is 9.11. The van der Waals surface area contributed by atoms with E-state index in [1.54, 1.807) is 23.5 Å². The van der Waals surface area contributed by atoms with E-state index in [0.29, 0.717) is 12.0 Å². The third-order valence-electron chi connectivity index (χ3n) is 7.70. The van der Waals surface area contributed by atoms with Crippen molar-refractivity contribution < 1.29 is 19.1 Å². The number of halogens is 1. The molecule has 3 saturated heterocycles. The molecule has 210 valence electrons. The number of fused-ring (bicyclic) bond motifs is 1. The number of ether oxygens (including phenoxy) is 1. The first-order chi connectivity index (χ1) is 18.6. The molecule has 1 aromatic carbocycles. The highest BCUT2D eigenvalue weighted by Crippen LogP contribution is 2.34. The van der Waals surface area contributed by atoms with Crippen LogP contribution in [0.1, 0.15) is 35.5 Å². The molecule has 1 aromatic heterocycles. The molecule has 0 saturated carbocycles. The molecule has 2 amide bonds. The summed E-state index contributed by atoms with van der Waals surface area (Å²) >= 11 is 8.09. The number of thiazole rings is 1. The Hall–Kier alpha value is -2.53. The highest BCUT2D eigenvalue weighted by Gasteiger charge is 2.52. The number of nitrogens with one attached hydrogen (secondary N) is 1. The molecule has 3 fully saturated rings. The van der Waals surface area contributed by atoms with Gasteiger partial charge in [0.2, 0.25) is 5.91 Å². The highest BCUT2D eigenvalue weighted by molar-refractivity contribution is 7.16. The molecule has 4 heterocycles. The van der Waals surface area contributed by atoms with Crippen LogP contribution >= 0.6 is 22.9 Å². The summed E-state index contributed by atoms with van der Waals surface area (Å²) in [5.41, 5.74) is 2.34. The predicted octanol–water partition coefficient (Wildman–Crippen LogP) is 2.80. The van der Waals surface area contributed by atoms with E-state index in [9.17, 15) is 14.4 Å². The van der Waals surface area contributed by atoms with E-state index in [1.165, 1.54) is 4.90 Å². The first-order valence-electron chi connectivity index (χ1n) is 13.5. The number of aromatic nitrogens is 1. The zero-order chi connectivity index (χ0) is 27.8. The molecule has 0 aliphatic carbocycles. The minimum Gasteiger partial charge on any atom is -0.366 e. The molecule has 0 spiro atoms. The van der Waals surface area contributed by atoms with Crippen molar-refractivity contribution in [3.05, 3.63) is 34.7 Å². The summed E-state index contributed by atoms with van der Waals surface area (Å²) in [7, 11) is 2.14. The predicted molar refractivity (Wildman–Crippen MR) is 153 cm³/mol. The van der Waals surface area contributed by atoms with Crippen molar-refractivity contribution in [1.29, 1.82) is 0 Å². The second-order valence-electron chi connectivity index (χ2n) is 11.1. The van der Waals surface area contributed by atoms with Crippen molar-refractivity contribution in [3.8, 4) is 11.3 Å². The van der Waals surface area contributed by atoms with Gasteiger partial charge in [0.25, 0.3) is 5.91 Å². The van der Waals surface area contributed by atoms with E-state index in [2.05, 4.69) is 29.1 Å². The number of alkyl halides is 1. The molecular formula is C28H36ClN5O4S. The van der Waals surface area contributed by atoms with Gasteiger partial charge in [0, 0.05) is 48.7 Å². The number of carbonyl (C=O) groups excluding carboxylic acids is 3. The summed E-state index contributed by atoms with van der Waals surface area (Å²) in [5, 5.41) is 3.51. The topological polar surface area (TPSA) is 95.1 Å². The van der Waals surface area contributed by atoms with Crippen molar-refractivity contribution in [1.82, 2.24) is 20.1 Å². The van der Waals surface area contributed by atoms with Crippen molar-refractivity contribution in [3.63, 3.8) is 0 Å². The van der Waals surface area contributed by atoms with Gasteiger partial charge in [-0.15, -0.1) is 22.9 Å². The maximum atomic E-state index is 13.5. The lowest BCUT2D eigenvalue weighted by Crippen LogP contribution is -2.52. The Morgan fingerprint density at radius 1 is 1.18 bits per heavy atom. The average Bonchev–Trinajstić information content (AvgIpc) is 3.58. The number of aryl methyl sites for hydroxylation is 1. The SMILES string of the molecule is Cc1sc(N2CCN(C)CC2)nc1-c1ccc(C(=O)N[C@@H](CC(C)C)C(=O)N2C[C@@H](Cl)C3OCC(=O)C32)cc1. The number of ketones is 1. The number of amides is 2. The molecule has 11 heteroatoms. The Kier molecular flexibility index (Phi) is 8.28. The zero-order valence-electron chi connectivity index (χ0n) is 22.9. The molecule has 3 aliphatic heterocycles. The quantitative estimate of drug-likeness (QED) is 0.509. The number of hydrogen-bond donors (Lipinski definition) is 1. The van der Waals surface area contributed by atoms with Gasteiger partial charge in [0.15, 0.2) is 10.9 Å². The van der Waals surface area contributed by atoms with E-state index in [0.717, 1.165) is 47.4 Å². The summed E-state index contributed by atoms with van der Waals surface area (Å²) in [4.78, 5) is 51.4. The van der Waals surface area contributed by atoms with E-state index in [1.807, 2.05) is 26.0 Å². The molecule has 9 nitrogen and oxygen atoms in total. The standard InChI is InChI=1S/C28H36ClN5O4S/c1-16(2)13-21(27(37)34-14-20(29)25-24(34)22(35)15-38-25)30-26(36)19-7-5-18(6-8-19)23-17(3)39-28(31-23)33-11-9-32(4)10-12-33/h5-8,16,20-21,24-25H,9-15H2,1-4H3,(H,30,36)/t20-,21+,24?,25?/m1/s1. The average molecular weight is 574 g/mol. The van der Waals surface area contributed by atoms with Gasteiger partial charge in [-0.2, -0.15) is 0 Å². The molecule has 2 aromatic rings. The van der Waals surface area contributed by atoms with Gasteiger partial charge in [0.05, 0.1) is 11.1 Å². The van der Waals surface area contributed by atoms with Crippen LogP contribution in [0, 0.1) is 12.8 Å². The molecule has 0 bridgehead atoms. The fourth-order valence-electron chi connectivity index (χ4n) is 5.52. The molecular weight excluding hydrogens is 538 g/mol. The van der Waals surface area contributed by atoms with Crippen molar-refractivity contribution in [2.45, 2.75) is 50.8 Å². The second-order valence-corrected chi connectivity index (χ2v) is 12.9. The number of likely N-dealkylation sites (tertiary alicyclic amines) is 1. The smallest absolute Gasteiger partial charge is 0.251 e. The molecule has 39 heavy (non-hydrogen) atoms. The van der Waals surface area contributed by atoms with Crippen molar-refractivity contribution in [2.24, 2.45) is 5.92 Å². The van der Waals surface area contributed by atoms with Crippen LogP contribution in [0.15, 0.2) is 24.3 Å². The number of carbonyl (C=O) groups is 3. The number of nitrogens with zero attached hydrogens (tertiary/aromatic N) is 4. The largest absolute Gasteiger partial charge is 0.366 e. The number of benzene rings is 1. The van der Waals surface area contributed by atoms with Crippen molar-refractivity contribution >= 4 is 45.7 Å². The normalized spacial score (nSPS) is 24.4. The number of piperazine rings is 1. The van der Waals surface area contributed by atoms with Crippen LogP contribution in [0.4, 0.5) is 5.13 Å². The minimum absolute atomic E-state index is 0.0365. The Labute approximate surface area is 238 Å². The number of hydrogen-bond acceptors (Lipinski definition) is 8. The summed E-state index contributed by atoms with van der Waals surface area (Å²) < 4.78 is 5.52. The van der Waals surface area contributed by atoms with Crippen LogP contribution in [-0.4, -0.2) is 102 Å². The number of Topliss-reactive ketones (excluding diaryl/α,β-unsaturated/α-hetero) is 1. The van der Waals surface area contributed by atoms with Gasteiger partial charge in [-0.3, -0.25) is 14.4 Å². The molecule has 2 unspecified atom stereocenters. The van der Waals surface area contributed by atoms with Crippen LogP contribution in [0.25, 0.3) is 11.3 Å². The maximum Gasteiger partial charge on any atom is 0.251 e. The van der Waals surface area contributed by atoms with Gasteiger partial charge in [-0.1, -0.05) is 26.0 Å². The lowest BCUT2D eigenvalue weighted by atomic mass is 10.0. The van der Waals surface area contributed by atoms with Gasteiger partial charge < -0.3 is 24.8 Å². The fraction of sp³-hybridized carbons (Fsp3) is 0.571. The Morgan fingerprint density at radius 2 is 1.87 bits per heavy atom. The monoisotopic (exact) mass is 573 g/mol. The number of rotatable bonds is 7. The van der Waals surface area contributed by atoms with Crippen molar-refractivity contribution in [2.75, 3.05) is 51.3 Å².